The lowest BCUT2D eigenvalue weighted by molar-refractivity contribution is -0.137. The molecule has 0 saturated heterocycles. The number of alkyl halides is 3. The first-order valence-corrected chi connectivity index (χ1v) is 8.75. The van der Waals surface area contributed by atoms with E-state index in [1.54, 1.807) is 35.3 Å². The summed E-state index contributed by atoms with van der Waals surface area (Å²) >= 11 is 0. The summed E-state index contributed by atoms with van der Waals surface area (Å²) in [5.41, 5.74) is 1.44. The Morgan fingerprint density at radius 3 is 2.53 bits per heavy atom. The van der Waals surface area contributed by atoms with Crippen LogP contribution in [-0.4, -0.2) is 24.3 Å². The number of rotatable bonds is 4. The van der Waals surface area contributed by atoms with Crippen molar-refractivity contribution in [1.82, 2.24) is 24.3 Å². The molecule has 0 bridgehead atoms. The van der Waals surface area contributed by atoms with Crippen LogP contribution < -0.4 is 5.32 Å². The number of nitriles is 1. The predicted molar refractivity (Wildman–Crippen MR) is 103 cm³/mol. The number of nitrogens with zero attached hydrogens (tertiary/aromatic N) is 6. The lowest BCUT2D eigenvalue weighted by Gasteiger charge is -2.11. The highest BCUT2D eigenvalue weighted by Gasteiger charge is 2.34. The van der Waals surface area contributed by atoms with Crippen LogP contribution in [0.3, 0.4) is 0 Å². The highest BCUT2D eigenvalue weighted by atomic mass is 19.4. The van der Waals surface area contributed by atoms with E-state index in [0.717, 1.165) is 16.4 Å². The Kier molecular flexibility index (Phi) is 4.71. The van der Waals surface area contributed by atoms with Gasteiger partial charge in [-0.1, -0.05) is 12.1 Å². The summed E-state index contributed by atoms with van der Waals surface area (Å²) in [7, 11) is 0. The molecule has 0 aliphatic heterocycles. The largest absolute Gasteiger partial charge is 0.418 e. The Morgan fingerprint density at radius 2 is 1.83 bits per heavy atom. The van der Waals surface area contributed by atoms with Crippen molar-refractivity contribution < 1.29 is 13.2 Å². The molecule has 0 saturated carbocycles. The quantitative estimate of drug-likeness (QED) is 0.540. The van der Waals surface area contributed by atoms with Crippen LogP contribution in [0.4, 0.5) is 24.8 Å². The summed E-state index contributed by atoms with van der Waals surface area (Å²) < 4.78 is 42.5. The van der Waals surface area contributed by atoms with E-state index in [9.17, 15) is 18.4 Å². The van der Waals surface area contributed by atoms with Gasteiger partial charge < -0.3 is 9.88 Å². The molecule has 2 heterocycles. The second-order valence-electron chi connectivity index (χ2n) is 6.42. The molecule has 0 fully saturated rings. The molecule has 10 heteroatoms. The molecule has 2 aromatic heterocycles. The van der Waals surface area contributed by atoms with Gasteiger partial charge in [-0.15, -0.1) is 5.10 Å². The maximum atomic E-state index is 13.2. The molecule has 0 radical (unpaired) electrons. The van der Waals surface area contributed by atoms with Crippen LogP contribution in [0.2, 0.25) is 0 Å². The van der Waals surface area contributed by atoms with Crippen molar-refractivity contribution in [2.24, 2.45) is 0 Å². The van der Waals surface area contributed by atoms with E-state index in [2.05, 4.69) is 26.5 Å². The zero-order chi connectivity index (χ0) is 21.3. The average Bonchev–Trinajstić information content (AvgIpc) is 3.36. The summed E-state index contributed by atoms with van der Waals surface area (Å²) in [6.07, 6.45) is 0.0879. The second-order valence-corrected chi connectivity index (χ2v) is 6.42. The maximum Gasteiger partial charge on any atom is 0.418 e. The van der Waals surface area contributed by atoms with Crippen LogP contribution in [0.25, 0.3) is 11.4 Å². The molecule has 1 N–H and O–H groups in total. The third kappa shape index (κ3) is 3.73. The Labute approximate surface area is 169 Å². The van der Waals surface area contributed by atoms with Gasteiger partial charge in [0.05, 0.1) is 34.5 Å². The predicted octanol–water partition coefficient (Wildman–Crippen LogP) is 4.40. The van der Waals surface area contributed by atoms with Gasteiger partial charge in [0.1, 0.15) is 12.4 Å². The highest BCUT2D eigenvalue weighted by Crippen LogP contribution is 2.33. The third-order valence-electron chi connectivity index (χ3n) is 4.31. The summed E-state index contributed by atoms with van der Waals surface area (Å²) in [5.74, 6) is 0.0992. The van der Waals surface area contributed by atoms with Crippen molar-refractivity contribution in [2.45, 2.75) is 13.1 Å². The van der Waals surface area contributed by atoms with Gasteiger partial charge in [0, 0.05) is 11.9 Å². The van der Waals surface area contributed by atoms with E-state index in [-0.39, 0.29) is 11.6 Å². The third-order valence-corrected chi connectivity index (χ3v) is 4.31. The van der Waals surface area contributed by atoms with Gasteiger partial charge >= 0.3 is 6.18 Å². The molecule has 0 spiro atoms. The molecular formula is C20H14F3N7. The molecular weight excluding hydrogens is 395 g/mol. The number of hydrogen-bond donors (Lipinski definition) is 1. The molecule has 0 aliphatic carbocycles. The van der Waals surface area contributed by atoms with Crippen molar-refractivity contribution in [2.75, 3.05) is 5.32 Å². The summed E-state index contributed by atoms with van der Waals surface area (Å²) in [5, 5.41) is 16.5. The summed E-state index contributed by atoms with van der Waals surface area (Å²) in [6.45, 7) is 1.84. The Morgan fingerprint density at radius 1 is 1.03 bits per heavy atom. The summed E-state index contributed by atoms with van der Waals surface area (Å²) in [6, 6.07) is 12.3. The molecule has 0 amide bonds. The number of imidazole rings is 1. The number of aryl methyl sites for hydroxylation is 1. The van der Waals surface area contributed by atoms with Gasteiger partial charge in [-0.3, -0.25) is 0 Å². The topological polar surface area (TPSA) is 84.4 Å². The second kappa shape index (κ2) is 7.36. The molecule has 2 aromatic carbocycles. The number of aromatic nitrogens is 5. The van der Waals surface area contributed by atoms with Crippen LogP contribution in [0, 0.1) is 18.3 Å². The van der Waals surface area contributed by atoms with Crippen molar-refractivity contribution in [3.8, 4) is 17.4 Å². The normalized spacial score (nSPS) is 11.3. The van der Waals surface area contributed by atoms with Crippen molar-refractivity contribution in [3.63, 3.8) is 0 Å². The molecule has 150 valence electrons. The minimum absolute atomic E-state index is 0.0992. The standard InChI is InChI=1S/C20H14F3N7/c1-13-10-29(11-25-13)17-7-6-15(8-14(17)9-24)27-19-26-12-30(28-19)18-5-3-2-4-16(18)20(21,22)23/h2-8,10-12H,1H3,(H,27,28). The summed E-state index contributed by atoms with van der Waals surface area (Å²) in [4.78, 5) is 8.18. The van der Waals surface area contributed by atoms with Crippen molar-refractivity contribution >= 4 is 11.6 Å². The van der Waals surface area contributed by atoms with E-state index in [1.807, 2.05) is 6.92 Å². The van der Waals surface area contributed by atoms with E-state index < -0.39 is 11.7 Å². The van der Waals surface area contributed by atoms with Crippen LogP contribution in [0.1, 0.15) is 16.8 Å². The van der Waals surface area contributed by atoms with Gasteiger partial charge in [-0.05, 0) is 37.3 Å². The highest BCUT2D eigenvalue weighted by molar-refractivity contribution is 5.62. The van der Waals surface area contributed by atoms with Gasteiger partial charge in [0.15, 0.2) is 0 Å². The number of hydrogen-bond acceptors (Lipinski definition) is 5. The maximum absolute atomic E-state index is 13.2. The number of para-hydroxylation sites is 1. The first-order valence-electron chi connectivity index (χ1n) is 8.75. The Hall–Kier alpha value is -4.13. The Balaban J connectivity index is 1.62. The van der Waals surface area contributed by atoms with E-state index >= 15 is 0 Å². The van der Waals surface area contributed by atoms with Crippen molar-refractivity contribution in [1.29, 1.82) is 5.26 Å². The zero-order valence-corrected chi connectivity index (χ0v) is 15.6. The Bertz CT molecular complexity index is 1250. The van der Waals surface area contributed by atoms with E-state index in [1.165, 1.54) is 24.5 Å². The van der Waals surface area contributed by atoms with E-state index in [0.29, 0.717) is 16.9 Å². The number of nitrogens with one attached hydrogen (secondary N) is 1. The average molecular weight is 409 g/mol. The first-order chi connectivity index (χ1) is 14.3. The molecule has 7 nitrogen and oxygen atoms in total. The fourth-order valence-corrected chi connectivity index (χ4v) is 2.96. The molecule has 30 heavy (non-hydrogen) atoms. The molecule has 0 unspecified atom stereocenters. The lowest BCUT2D eigenvalue weighted by Crippen LogP contribution is -2.11. The fourth-order valence-electron chi connectivity index (χ4n) is 2.96. The monoisotopic (exact) mass is 409 g/mol. The van der Waals surface area contributed by atoms with Gasteiger partial charge in [0.25, 0.3) is 0 Å². The molecule has 4 aromatic rings. The minimum Gasteiger partial charge on any atom is -0.323 e. The van der Waals surface area contributed by atoms with Crippen LogP contribution in [-0.2, 0) is 6.18 Å². The first kappa shape index (κ1) is 19.2. The minimum atomic E-state index is -4.51. The molecule has 4 rings (SSSR count). The van der Waals surface area contributed by atoms with Gasteiger partial charge in [-0.2, -0.15) is 23.4 Å². The van der Waals surface area contributed by atoms with Gasteiger partial charge in [-0.25, -0.2) is 9.67 Å². The molecule has 0 aliphatic rings. The number of benzene rings is 2. The SMILES string of the molecule is Cc1cn(-c2ccc(Nc3ncn(-c4ccccc4C(F)(F)F)n3)cc2C#N)cn1. The number of halogens is 3. The van der Waals surface area contributed by atoms with E-state index in [4.69, 9.17) is 0 Å². The number of anilines is 2. The lowest BCUT2D eigenvalue weighted by atomic mass is 10.1. The fraction of sp³-hybridized carbons (Fsp3) is 0.100. The van der Waals surface area contributed by atoms with Crippen LogP contribution >= 0.6 is 0 Å². The zero-order valence-electron chi connectivity index (χ0n) is 15.6. The van der Waals surface area contributed by atoms with Crippen LogP contribution in [0.15, 0.2) is 61.3 Å². The molecule has 0 atom stereocenters. The van der Waals surface area contributed by atoms with Crippen LogP contribution in [0.5, 0.6) is 0 Å². The van der Waals surface area contributed by atoms with Gasteiger partial charge in [0.2, 0.25) is 5.95 Å². The smallest absolute Gasteiger partial charge is 0.323 e. The van der Waals surface area contributed by atoms with Crippen molar-refractivity contribution in [3.05, 3.63) is 78.1 Å².